The number of amides is 3. The van der Waals surface area contributed by atoms with Crippen LogP contribution in [0.25, 0.3) is 0 Å². The Morgan fingerprint density at radius 1 is 0.897 bits per heavy atom. The highest BCUT2D eigenvalue weighted by molar-refractivity contribution is 6.22. The fourth-order valence-electron chi connectivity index (χ4n) is 4.00. The van der Waals surface area contributed by atoms with Crippen molar-refractivity contribution in [3.8, 4) is 0 Å². The minimum Gasteiger partial charge on any atom is -0.369 e. The number of piperazine rings is 1. The van der Waals surface area contributed by atoms with Crippen molar-refractivity contribution in [1.82, 2.24) is 4.90 Å². The highest BCUT2D eigenvalue weighted by Crippen LogP contribution is 2.28. The predicted molar refractivity (Wildman–Crippen MR) is 112 cm³/mol. The number of benzene rings is 2. The van der Waals surface area contributed by atoms with Gasteiger partial charge in [0.15, 0.2) is 0 Å². The molecular formula is C22H24N4O3. The first kappa shape index (κ1) is 19.1. The Bertz CT molecular complexity index is 905. The molecule has 150 valence electrons. The lowest BCUT2D eigenvalue weighted by Gasteiger charge is -2.38. The van der Waals surface area contributed by atoms with Gasteiger partial charge >= 0.3 is 0 Å². The molecule has 0 radical (unpaired) electrons. The van der Waals surface area contributed by atoms with Gasteiger partial charge in [-0.05, 0) is 36.4 Å². The molecule has 0 spiro atoms. The third-order valence-corrected chi connectivity index (χ3v) is 5.45. The van der Waals surface area contributed by atoms with E-state index in [1.54, 1.807) is 24.3 Å². The van der Waals surface area contributed by atoms with Crippen LogP contribution in [0.2, 0.25) is 0 Å². The van der Waals surface area contributed by atoms with E-state index in [9.17, 15) is 14.4 Å². The van der Waals surface area contributed by atoms with Crippen LogP contribution in [0, 0.1) is 0 Å². The second-order valence-corrected chi connectivity index (χ2v) is 7.37. The molecule has 0 saturated carbocycles. The Morgan fingerprint density at radius 2 is 1.55 bits per heavy atom. The Morgan fingerprint density at radius 3 is 2.17 bits per heavy atom. The summed E-state index contributed by atoms with van der Waals surface area (Å²) >= 11 is 0. The molecule has 7 heteroatoms. The number of imide groups is 1. The monoisotopic (exact) mass is 392 g/mol. The lowest BCUT2D eigenvalue weighted by atomic mass is 10.1. The molecule has 2 aromatic carbocycles. The molecule has 1 atom stereocenters. The second kappa shape index (κ2) is 8.05. The third kappa shape index (κ3) is 4.00. The first-order valence-electron chi connectivity index (χ1n) is 9.81. The molecule has 4 rings (SSSR count). The van der Waals surface area contributed by atoms with Crippen LogP contribution in [-0.2, 0) is 14.4 Å². The summed E-state index contributed by atoms with van der Waals surface area (Å²) in [6, 6.07) is 16.6. The number of carbonyl (C=O) groups is 3. The zero-order valence-corrected chi connectivity index (χ0v) is 16.4. The molecule has 1 N–H and O–H groups in total. The van der Waals surface area contributed by atoms with E-state index in [0.717, 1.165) is 26.2 Å². The number of nitrogens with one attached hydrogen (secondary N) is 1. The van der Waals surface area contributed by atoms with Crippen molar-refractivity contribution in [3.63, 3.8) is 0 Å². The number of anilines is 3. The van der Waals surface area contributed by atoms with Crippen LogP contribution >= 0.6 is 0 Å². The summed E-state index contributed by atoms with van der Waals surface area (Å²) in [5, 5.41) is 2.68. The average Bonchev–Trinajstić information content (AvgIpc) is 3.03. The molecule has 2 saturated heterocycles. The number of nitrogens with zero attached hydrogens (tertiary/aromatic N) is 3. The van der Waals surface area contributed by atoms with E-state index in [0.29, 0.717) is 11.4 Å². The summed E-state index contributed by atoms with van der Waals surface area (Å²) in [7, 11) is 0. The number of hydrogen-bond acceptors (Lipinski definition) is 5. The molecule has 7 nitrogen and oxygen atoms in total. The normalized spacial score (nSPS) is 20.2. The number of carbonyl (C=O) groups excluding carboxylic acids is 3. The maximum atomic E-state index is 13.0. The molecule has 2 aliphatic heterocycles. The van der Waals surface area contributed by atoms with Crippen molar-refractivity contribution in [1.29, 1.82) is 0 Å². The van der Waals surface area contributed by atoms with E-state index >= 15 is 0 Å². The minimum absolute atomic E-state index is 0.166. The van der Waals surface area contributed by atoms with Gasteiger partial charge in [0.2, 0.25) is 11.8 Å². The molecule has 0 bridgehead atoms. The largest absolute Gasteiger partial charge is 0.369 e. The van der Waals surface area contributed by atoms with Crippen LogP contribution in [0.3, 0.4) is 0 Å². The Kier molecular flexibility index (Phi) is 5.31. The van der Waals surface area contributed by atoms with E-state index < -0.39 is 6.04 Å². The van der Waals surface area contributed by atoms with Gasteiger partial charge in [0.1, 0.15) is 0 Å². The second-order valence-electron chi connectivity index (χ2n) is 7.37. The summed E-state index contributed by atoms with van der Waals surface area (Å²) in [6.07, 6.45) is 0.206. The maximum absolute atomic E-state index is 13.0. The van der Waals surface area contributed by atoms with Crippen molar-refractivity contribution in [3.05, 3.63) is 54.6 Å². The van der Waals surface area contributed by atoms with Gasteiger partial charge in [-0.3, -0.25) is 19.3 Å². The average molecular weight is 392 g/mol. The Labute approximate surface area is 169 Å². The summed E-state index contributed by atoms with van der Waals surface area (Å²) in [4.78, 5) is 42.4. The minimum atomic E-state index is -0.407. The van der Waals surface area contributed by atoms with Gasteiger partial charge in [0, 0.05) is 44.5 Å². The molecule has 29 heavy (non-hydrogen) atoms. The van der Waals surface area contributed by atoms with Crippen molar-refractivity contribution in [2.75, 3.05) is 41.3 Å². The first-order valence-corrected chi connectivity index (χ1v) is 9.81. The van der Waals surface area contributed by atoms with Crippen molar-refractivity contribution in [2.24, 2.45) is 0 Å². The van der Waals surface area contributed by atoms with Crippen LogP contribution in [0.15, 0.2) is 54.6 Å². The van der Waals surface area contributed by atoms with Gasteiger partial charge in [-0.2, -0.15) is 0 Å². The lowest BCUT2D eigenvalue weighted by Crippen LogP contribution is -2.52. The number of hydrogen-bond donors (Lipinski definition) is 1. The summed E-state index contributed by atoms with van der Waals surface area (Å²) < 4.78 is 0. The van der Waals surface area contributed by atoms with Crippen LogP contribution in [-0.4, -0.2) is 54.8 Å². The van der Waals surface area contributed by atoms with E-state index in [1.165, 1.54) is 17.5 Å². The summed E-state index contributed by atoms with van der Waals surface area (Å²) in [5.41, 5.74) is 2.36. The van der Waals surface area contributed by atoms with Gasteiger partial charge in [0.05, 0.1) is 18.2 Å². The molecule has 0 aromatic heterocycles. The molecule has 2 aliphatic rings. The highest BCUT2D eigenvalue weighted by atomic mass is 16.2. The van der Waals surface area contributed by atoms with Gasteiger partial charge in [-0.1, -0.05) is 18.2 Å². The Balaban J connectivity index is 1.41. The summed E-state index contributed by atoms with van der Waals surface area (Å²) in [5.74, 6) is -0.519. The number of para-hydroxylation sites is 1. The molecule has 2 heterocycles. The van der Waals surface area contributed by atoms with Crippen LogP contribution in [0.1, 0.15) is 13.3 Å². The quantitative estimate of drug-likeness (QED) is 0.807. The smallest absolute Gasteiger partial charge is 0.251 e. The Hall–Kier alpha value is -3.19. The standard InChI is InChI=1S/C22H24N4O3/c1-16(27)23-17-7-9-19(10-8-17)26-21(28)15-20(22(26)29)25-13-11-24(12-14-25)18-5-3-2-4-6-18/h2-10,20H,11-15H2,1H3,(H,23,27). The highest BCUT2D eigenvalue weighted by Gasteiger charge is 2.43. The van der Waals surface area contributed by atoms with E-state index in [4.69, 9.17) is 0 Å². The molecule has 1 unspecified atom stereocenters. The lowest BCUT2D eigenvalue weighted by molar-refractivity contribution is -0.123. The van der Waals surface area contributed by atoms with Crippen molar-refractivity contribution >= 4 is 34.8 Å². The fourth-order valence-corrected chi connectivity index (χ4v) is 4.00. The molecular weight excluding hydrogens is 368 g/mol. The van der Waals surface area contributed by atoms with Crippen LogP contribution in [0.5, 0.6) is 0 Å². The predicted octanol–water partition coefficient (Wildman–Crippen LogP) is 2.10. The topological polar surface area (TPSA) is 73.0 Å². The first-order chi connectivity index (χ1) is 14.0. The molecule has 0 aliphatic carbocycles. The van der Waals surface area contributed by atoms with Gasteiger partial charge < -0.3 is 10.2 Å². The van der Waals surface area contributed by atoms with Gasteiger partial charge in [0.25, 0.3) is 5.91 Å². The maximum Gasteiger partial charge on any atom is 0.251 e. The van der Waals surface area contributed by atoms with E-state index in [2.05, 4.69) is 27.2 Å². The zero-order valence-electron chi connectivity index (χ0n) is 16.4. The van der Waals surface area contributed by atoms with Crippen LogP contribution in [0.4, 0.5) is 17.1 Å². The SMILES string of the molecule is CC(=O)Nc1ccc(N2C(=O)CC(N3CCN(c4ccccc4)CC3)C2=O)cc1. The van der Waals surface area contributed by atoms with Gasteiger partial charge in [-0.15, -0.1) is 0 Å². The molecule has 2 aromatic rings. The molecule has 3 amide bonds. The van der Waals surface area contributed by atoms with E-state index in [-0.39, 0.29) is 24.1 Å². The van der Waals surface area contributed by atoms with Crippen LogP contribution < -0.4 is 15.1 Å². The summed E-state index contributed by atoms with van der Waals surface area (Å²) in [6.45, 7) is 4.58. The zero-order chi connectivity index (χ0) is 20.4. The van der Waals surface area contributed by atoms with Gasteiger partial charge in [-0.25, -0.2) is 4.90 Å². The van der Waals surface area contributed by atoms with Crippen molar-refractivity contribution < 1.29 is 14.4 Å². The van der Waals surface area contributed by atoms with Crippen molar-refractivity contribution in [2.45, 2.75) is 19.4 Å². The molecule has 2 fully saturated rings. The van der Waals surface area contributed by atoms with E-state index in [1.807, 2.05) is 18.2 Å². The fraction of sp³-hybridized carbons (Fsp3) is 0.318. The number of rotatable bonds is 4. The third-order valence-electron chi connectivity index (χ3n) is 5.45.